The van der Waals surface area contributed by atoms with E-state index in [1.165, 1.54) is 44.3 Å². The average Bonchev–Trinajstić information content (AvgIpc) is 3.02. The molecule has 4 heteroatoms. The molecule has 3 rings (SSSR count). The third-order valence-corrected chi connectivity index (χ3v) is 5.17. The average molecular weight is 266 g/mol. The highest BCUT2D eigenvalue weighted by atomic mass is 32.1. The standard InChI is InChI=1S/C14H22N2OS/c17-14-6-3-4-12(14)13-5-1-2-7-16(13)8-11-9-18-10-15-11/h9-10,12-14,17H,1-8H2. The van der Waals surface area contributed by atoms with E-state index >= 15 is 0 Å². The Morgan fingerprint density at radius 3 is 2.94 bits per heavy atom. The van der Waals surface area contributed by atoms with Gasteiger partial charge in [0, 0.05) is 23.9 Å². The van der Waals surface area contributed by atoms with Crippen molar-refractivity contribution >= 4 is 11.3 Å². The summed E-state index contributed by atoms with van der Waals surface area (Å²) in [5.41, 5.74) is 3.11. The molecule has 0 bridgehead atoms. The van der Waals surface area contributed by atoms with E-state index in [0.717, 1.165) is 13.0 Å². The van der Waals surface area contributed by atoms with Gasteiger partial charge in [0.1, 0.15) is 0 Å². The second kappa shape index (κ2) is 5.68. The van der Waals surface area contributed by atoms with Gasteiger partial charge in [-0.1, -0.05) is 12.8 Å². The molecule has 1 aliphatic carbocycles. The summed E-state index contributed by atoms with van der Waals surface area (Å²) < 4.78 is 0. The van der Waals surface area contributed by atoms with Gasteiger partial charge in [-0.05, 0) is 32.2 Å². The number of rotatable bonds is 3. The van der Waals surface area contributed by atoms with Gasteiger partial charge in [-0.2, -0.15) is 0 Å². The Kier molecular flexibility index (Phi) is 3.97. The van der Waals surface area contributed by atoms with Crippen LogP contribution in [0.15, 0.2) is 10.9 Å². The lowest BCUT2D eigenvalue weighted by molar-refractivity contribution is 0.0307. The molecule has 0 radical (unpaired) electrons. The Morgan fingerprint density at radius 1 is 1.28 bits per heavy atom. The van der Waals surface area contributed by atoms with E-state index in [1.54, 1.807) is 11.3 Å². The fourth-order valence-corrected chi connectivity index (χ4v) is 4.19. The molecule has 0 amide bonds. The smallest absolute Gasteiger partial charge is 0.0795 e. The van der Waals surface area contributed by atoms with Gasteiger partial charge in [0.25, 0.3) is 0 Å². The molecule has 3 unspecified atom stereocenters. The number of aromatic nitrogens is 1. The minimum absolute atomic E-state index is 0.0639. The fraction of sp³-hybridized carbons (Fsp3) is 0.786. The van der Waals surface area contributed by atoms with Gasteiger partial charge < -0.3 is 5.11 Å². The molecule has 1 N–H and O–H groups in total. The van der Waals surface area contributed by atoms with Gasteiger partial charge in [-0.25, -0.2) is 4.98 Å². The molecule has 100 valence electrons. The second-order valence-electron chi connectivity index (χ2n) is 5.68. The van der Waals surface area contributed by atoms with E-state index in [9.17, 15) is 5.11 Å². The Hall–Kier alpha value is -0.450. The first kappa shape index (κ1) is 12.6. The van der Waals surface area contributed by atoms with Crippen LogP contribution in [0.2, 0.25) is 0 Å². The molecular weight excluding hydrogens is 244 g/mol. The fourth-order valence-electron chi connectivity index (χ4n) is 3.64. The second-order valence-corrected chi connectivity index (χ2v) is 6.39. The maximum atomic E-state index is 10.1. The van der Waals surface area contributed by atoms with Crippen LogP contribution < -0.4 is 0 Å². The number of aliphatic hydroxyl groups is 1. The van der Waals surface area contributed by atoms with Crippen LogP contribution in [0.3, 0.4) is 0 Å². The minimum atomic E-state index is -0.0639. The zero-order chi connectivity index (χ0) is 12.4. The van der Waals surface area contributed by atoms with Gasteiger partial charge in [0.05, 0.1) is 17.3 Å². The third kappa shape index (κ3) is 2.60. The molecule has 2 fully saturated rings. The van der Waals surface area contributed by atoms with Crippen molar-refractivity contribution in [3.63, 3.8) is 0 Å². The molecule has 1 aliphatic heterocycles. The Morgan fingerprint density at radius 2 is 2.22 bits per heavy atom. The maximum Gasteiger partial charge on any atom is 0.0795 e. The van der Waals surface area contributed by atoms with E-state index in [1.807, 2.05) is 5.51 Å². The van der Waals surface area contributed by atoms with E-state index < -0.39 is 0 Å². The van der Waals surface area contributed by atoms with Crippen LogP contribution in [0.5, 0.6) is 0 Å². The predicted molar refractivity (Wildman–Crippen MR) is 73.5 cm³/mol. The monoisotopic (exact) mass is 266 g/mol. The first-order chi connectivity index (χ1) is 8.84. The molecule has 1 saturated heterocycles. The highest BCUT2D eigenvalue weighted by molar-refractivity contribution is 7.07. The quantitative estimate of drug-likeness (QED) is 0.913. The number of hydrogen-bond donors (Lipinski definition) is 1. The first-order valence-electron chi connectivity index (χ1n) is 7.14. The normalized spacial score (nSPS) is 33.9. The third-order valence-electron chi connectivity index (χ3n) is 4.54. The van der Waals surface area contributed by atoms with Crippen molar-refractivity contribution < 1.29 is 5.11 Å². The van der Waals surface area contributed by atoms with Crippen LogP contribution >= 0.6 is 11.3 Å². The number of aliphatic hydroxyl groups excluding tert-OH is 1. The van der Waals surface area contributed by atoms with Crippen LogP contribution in [0.4, 0.5) is 0 Å². The lowest BCUT2D eigenvalue weighted by atomic mass is 9.87. The molecule has 0 aromatic carbocycles. The van der Waals surface area contributed by atoms with E-state index in [2.05, 4.69) is 15.3 Å². The summed E-state index contributed by atoms with van der Waals surface area (Å²) in [6.45, 7) is 2.14. The summed E-state index contributed by atoms with van der Waals surface area (Å²) in [5, 5.41) is 12.3. The summed E-state index contributed by atoms with van der Waals surface area (Å²) in [4.78, 5) is 6.97. The van der Waals surface area contributed by atoms with Crippen molar-refractivity contribution in [2.45, 2.75) is 57.2 Å². The van der Waals surface area contributed by atoms with Crippen LogP contribution in [-0.4, -0.2) is 33.7 Å². The summed E-state index contributed by atoms with van der Waals surface area (Å²) in [7, 11) is 0. The molecule has 1 aromatic heterocycles. The number of thiazole rings is 1. The summed E-state index contributed by atoms with van der Waals surface area (Å²) in [6.07, 6.45) is 7.22. The van der Waals surface area contributed by atoms with Crippen LogP contribution in [0, 0.1) is 5.92 Å². The van der Waals surface area contributed by atoms with E-state index in [-0.39, 0.29) is 6.10 Å². The Labute approximate surface area is 113 Å². The Balaban J connectivity index is 1.69. The number of piperidine rings is 1. The molecule has 1 aromatic rings. The van der Waals surface area contributed by atoms with E-state index in [0.29, 0.717) is 12.0 Å². The molecule has 2 aliphatic rings. The van der Waals surface area contributed by atoms with Crippen LogP contribution in [0.1, 0.15) is 44.2 Å². The SMILES string of the molecule is OC1CCCC1C1CCCCN1Cc1cscn1. The largest absolute Gasteiger partial charge is 0.393 e. The maximum absolute atomic E-state index is 10.1. The molecule has 3 atom stereocenters. The van der Waals surface area contributed by atoms with Crippen molar-refractivity contribution in [2.75, 3.05) is 6.54 Å². The number of nitrogens with zero attached hydrogens (tertiary/aromatic N) is 2. The predicted octanol–water partition coefficient (Wildman–Crippen LogP) is 2.66. The molecule has 0 spiro atoms. The first-order valence-corrected chi connectivity index (χ1v) is 8.08. The van der Waals surface area contributed by atoms with Crippen molar-refractivity contribution in [3.8, 4) is 0 Å². The number of hydrogen-bond acceptors (Lipinski definition) is 4. The van der Waals surface area contributed by atoms with E-state index in [4.69, 9.17) is 0 Å². The highest BCUT2D eigenvalue weighted by Crippen LogP contribution is 2.35. The molecule has 1 saturated carbocycles. The van der Waals surface area contributed by atoms with Gasteiger partial charge in [0.15, 0.2) is 0 Å². The molecule has 3 nitrogen and oxygen atoms in total. The van der Waals surface area contributed by atoms with Crippen molar-refractivity contribution in [1.29, 1.82) is 0 Å². The lowest BCUT2D eigenvalue weighted by Crippen LogP contribution is -2.45. The summed E-state index contributed by atoms with van der Waals surface area (Å²) in [5.74, 6) is 0.504. The minimum Gasteiger partial charge on any atom is -0.393 e. The lowest BCUT2D eigenvalue weighted by Gasteiger charge is -2.40. The van der Waals surface area contributed by atoms with Gasteiger partial charge in [0.2, 0.25) is 0 Å². The summed E-state index contributed by atoms with van der Waals surface area (Å²) >= 11 is 1.68. The van der Waals surface area contributed by atoms with Crippen molar-refractivity contribution in [3.05, 3.63) is 16.6 Å². The molecule has 2 heterocycles. The van der Waals surface area contributed by atoms with Crippen molar-refractivity contribution in [2.24, 2.45) is 5.92 Å². The van der Waals surface area contributed by atoms with Gasteiger partial charge in [-0.3, -0.25) is 4.90 Å². The zero-order valence-electron chi connectivity index (χ0n) is 10.8. The zero-order valence-corrected chi connectivity index (χ0v) is 11.6. The summed E-state index contributed by atoms with van der Waals surface area (Å²) in [6, 6.07) is 0.581. The van der Waals surface area contributed by atoms with Crippen LogP contribution in [-0.2, 0) is 6.54 Å². The van der Waals surface area contributed by atoms with Crippen LogP contribution in [0.25, 0.3) is 0 Å². The number of likely N-dealkylation sites (tertiary alicyclic amines) is 1. The topological polar surface area (TPSA) is 36.4 Å². The van der Waals surface area contributed by atoms with Gasteiger partial charge >= 0.3 is 0 Å². The molecule has 18 heavy (non-hydrogen) atoms. The highest BCUT2D eigenvalue weighted by Gasteiger charge is 2.36. The molecular formula is C14H22N2OS. The van der Waals surface area contributed by atoms with Crippen molar-refractivity contribution in [1.82, 2.24) is 9.88 Å². The Bertz CT molecular complexity index is 368. The van der Waals surface area contributed by atoms with Gasteiger partial charge in [-0.15, -0.1) is 11.3 Å².